The molecule has 106 valence electrons. The van der Waals surface area contributed by atoms with Crippen LogP contribution in [0.1, 0.15) is 37.3 Å². The number of fused-ring (bicyclic) bond motifs is 1. The minimum absolute atomic E-state index is 0.124. The highest BCUT2D eigenvalue weighted by Crippen LogP contribution is 2.26. The molecule has 0 amide bonds. The Morgan fingerprint density at radius 3 is 2.55 bits per heavy atom. The fraction of sp³-hybridized carbons (Fsp3) is 0.412. The van der Waals surface area contributed by atoms with E-state index in [2.05, 4.69) is 30.3 Å². The van der Waals surface area contributed by atoms with Crippen LogP contribution in [0.15, 0.2) is 42.5 Å². The molecule has 1 fully saturated rings. The molecular weight excluding hydrogens is 266 g/mol. The lowest BCUT2D eigenvalue weighted by molar-refractivity contribution is 0.661. The second kappa shape index (κ2) is 6.06. The second-order valence-electron chi connectivity index (χ2n) is 5.67. The van der Waals surface area contributed by atoms with Crippen molar-refractivity contribution in [2.75, 3.05) is 5.75 Å². The van der Waals surface area contributed by atoms with E-state index in [-0.39, 0.29) is 6.04 Å². The van der Waals surface area contributed by atoms with Gasteiger partial charge in [0.1, 0.15) is 0 Å². The van der Waals surface area contributed by atoms with E-state index in [1.165, 1.54) is 23.6 Å². The standard InChI is InChI=1S/C17H21NOS/c18-17(12-20(19)16-7-3-4-8-16)15-10-9-13-5-1-2-6-14(13)11-15/h1-2,5-6,9-11,16-17H,3-4,7-8,12,18H2. The smallest absolute Gasteiger partial charge is 0.0431 e. The highest BCUT2D eigenvalue weighted by atomic mass is 32.2. The number of hydrogen-bond donors (Lipinski definition) is 1. The number of nitrogens with two attached hydrogens (primary N) is 1. The van der Waals surface area contributed by atoms with Crippen LogP contribution in [0.5, 0.6) is 0 Å². The van der Waals surface area contributed by atoms with Crippen LogP contribution in [0.3, 0.4) is 0 Å². The molecule has 0 saturated heterocycles. The van der Waals surface area contributed by atoms with Crippen LogP contribution in [-0.4, -0.2) is 15.2 Å². The molecule has 1 aliphatic rings. The number of benzene rings is 2. The Kier molecular flexibility index (Phi) is 4.18. The number of hydrogen-bond acceptors (Lipinski definition) is 2. The van der Waals surface area contributed by atoms with E-state index in [1.807, 2.05) is 12.1 Å². The maximum atomic E-state index is 12.3. The quantitative estimate of drug-likeness (QED) is 0.934. The van der Waals surface area contributed by atoms with Gasteiger partial charge in [-0.15, -0.1) is 0 Å². The van der Waals surface area contributed by atoms with Gasteiger partial charge in [0, 0.05) is 27.8 Å². The first-order valence-corrected chi connectivity index (χ1v) is 8.74. The van der Waals surface area contributed by atoms with Crippen LogP contribution in [0, 0.1) is 0 Å². The maximum absolute atomic E-state index is 12.3. The van der Waals surface area contributed by atoms with Gasteiger partial charge in [-0.25, -0.2) is 0 Å². The molecule has 2 N–H and O–H groups in total. The third-order valence-corrected chi connectivity index (χ3v) is 6.12. The Balaban J connectivity index is 1.74. The Hall–Kier alpha value is -1.19. The zero-order valence-electron chi connectivity index (χ0n) is 11.6. The van der Waals surface area contributed by atoms with E-state index in [9.17, 15) is 4.21 Å². The van der Waals surface area contributed by atoms with Gasteiger partial charge >= 0.3 is 0 Å². The maximum Gasteiger partial charge on any atom is 0.0431 e. The summed E-state index contributed by atoms with van der Waals surface area (Å²) < 4.78 is 12.3. The van der Waals surface area contributed by atoms with E-state index in [4.69, 9.17) is 5.73 Å². The molecule has 0 aromatic heterocycles. The minimum atomic E-state index is -0.785. The normalized spacial score (nSPS) is 19.2. The van der Waals surface area contributed by atoms with Crippen LogP contribution in [0.25, 0.3) is 10.8 Å². The fourth-order valence-electron chi connectivity index (χ4n) is 3.00. The van der Waals surface area contributed by atoms with Gasteiger partial charge in [-0.3, -0.25) is 4.21 Å². The van der Waals surface area contributed by atoms with Crippen LogP contribution >= 0.6 is 0 Å². The molecule has 2 aromatic rings. The Morgan fingerprint density at radius 2 is 1.80 bits per heavy atom. The summed E-state index contributed by atoms with van der Waals surface area (Å²) in [4.78, 5) is 0. The highest BCUT2D eigenvalue weighted by molar-refractivity contribution is 7.85. The van der Waals surface area contributed by atoms with Crippen molar-refractivity contribution in [2.45, 2.75) is 37.0 Å². The van der Waals surface area contributed by atoms with Gasteiger partial charge in [-0.05, 0) is 35.2 Å². The molecule has 0 radical (unpaired) electrons. The van der Waals surface area contributed by atoms with Crippen LogP contribution in [0.4, 0.5) is 0 Å². The van der Waals surface area contributed by atoms with E-state index < -0.39 is 10.8 Å². The van der Waals surface area contributed by atoms with E-state index in [1.54, 1.807) is 0 Å². The predicted octanol–water partition coefficient (Wildman–Crippen LogP) is 3.53. The van der Waals surface area contributed by atoms with Gasteiger partial charge in [0.2, 0.25) is 0 Å². The van der Waals surface area contributed by atoms with Crippen molar-refractivity contribution in [3.05, 3.63) is 48.0 Å². The van der Waals surface area contributed by atoms with Gasteiger partial charge in [-0.1, -0.05) is 49.2 Å². The molecule has 1 aliphatic carbocycles. The highest BCUT2D eigenvalue weighted by Gasteiger charge is 2.23. The molecule has 0 heterocycles. The van der Waals surface area contributed by atoms with E-state index in [0.717, 1.165) is 18.4 Å². The summed E-state index contributed by atoms with van der Waals surface area (Å²) in [5.41, 5.74) is 7.35. The largest absolute Gasteiger partial charge is 0.323 e. The molecule has 20 heavy (non-hydrogen) atoms. The summed E-state index contributed by atoms with van der Waals surface area (Å²) in [6, 6.07) is 14.4. The summed E-state index contributed by atoms with van der Waals surface area (Å²) in [6.45, 7) is 0. The summed E-state index contributed by atoms with van der Waals surface area (Å²) in [5, 5.41) is 2.80. The van der Waals surface area contributed by atoms with Gasteiger partial charge in [-0.2, -0.15) is 0 Å². The summed E-state index contributed by atoms with van der Waals surface area (Å²) in [7, 11) is -0.785. The Bertz CT molecular complexity index is 619. The Labute approximate surface area is 122 Å². The third-order valence-electron chi connectivity index (χ3n) is 4.22. The molecular formula is C17H21NOS. The van der Waals surface area contributed by atoms with Crippen LogP contribution in [0.2, 0.25) is 0 Å². The van der Waals surface area contributed by atoms with Crippen molar-refractivity contribution in [1.29, 1.82) is 0 Å². The van der Waals surface area contributed by atoms with Crippen LogP contribution < -0.4 is 5.73 Å². The lowest BCUT2D eigenvalue weighted by atomic mass is 10.0. The summed E-state index contributed by atoms with van der Waals surface area (Å²) >= 11 is 0. The lowest BCUT2D eigenvalue weighted by Crippen LogP contribution is -2.23. The molecule has 0 bridgehead atoms. The molecule has 2 atom stereocenters. The zero-order valence-corrected chi connectivity index (χ0v) is 12.4. The van der Waals surface area contributed by atoms with Gasteiger partial charge in [0.05, 0.1) is 0 Å². The predicted molar refractivity (Wildman–Crippen MR) is 86.1 cm³/mol. The summed E-state index contributed by atoms with van der Waals surface area (Å²) in [6.07, 6.45) is 4.66. The minimum Gasteiger partial charge on any atom is -0.323 e. The van der Waals surface area contributed by atoms with Crippen molar-refractivity contribution in [3.8, 4) is 0 Å². The average molecular weight is 287 g/mol. The van der Waals surface area contributed by atoms with Crippen molar-refractivity contribution in [2.24, 2.45) is 5.73 Å². The lowest BCUT2D eigenvalue weighted by Gasteiger charge is -2.15. The average Bonchev–Trinajstić information content (AvgIpc) is 3.01. The fourth-order valence-corrected chi connectivity index (χ4v) is 4.68. The van der Waals surface area contributed by atoms with Crippen LogP contribution in [-0.2, 0) is 10.8 Å². The molecule has 0 spiro atoms. The first kappa shape index (κ1) is 13.8. The number of rotatable bonds is 4. The van der Waals surface area contributed by atoms with Crippen molar-refractivity contribution < 1.29 is 4.21 Å². The van der Waals surface area contributed by atoms with E-state index >= 15 is 0 Å². The van der Waals surface area contributed by atoms with Crippen molar-refractivity contribution in [1.82, 2.24) is 0 Å². The third kappa shape index (κ3) is 2.94. The van der Waals surface area contributed by atoms with Gasteiger partial charge in [0.25, 0.3) is 0 Å². The molecule has 3 rings (SSSR count). The molecule has 1 saturated carbocycles. The SMILES string of the molecule is NC(CS(=O)C1CCCC1)c1ccc2ccccc2c1. The monoisotopic (exact) mass is 287 g/mol. The second-order valence-corrected chi connectivity index (χ2v) is 7.43. The molecule has 3 heteroatoms. The first-order chi connectivity index (χ1) is 9.74. The topological polar surface area (TPSA) is 43.1 Å². The Morgan fingerprint density at radius 1 is 1.10 bits per heavy atom. The van der Waals surface area contributed by atoms with Crippen molar-refractivity contribution >= 4 is 21.6 Å². The van der Waals surface area contributed by atoms with Gasteiger partial charge in [0.15, 0.2) is 0 Å². The van der Waals surface area contributed by atoms with Crippen molar-refractivity contribution in [3.63, 3.8) is 0 Å². The summed E-state index contributed by atoms with van der Waals surface area (Å²) in [5.74, 6) is 0.586. The first-order valence-electron chi connectivity index (χ1n) is 7.35. The molecule has 0 aliphatic heterocycles. The van der Waals surface area contributed by atoms with E-state index in [0.29, 0.717) is 11.0 Å². The molecule has 2 unspecified atom stereocenters. The molecule has 2 aromatic carbocycles. The van der Waals surface area contributed by atoms with Gasteiger partial charge < -0.3 is 5.73 Å². The molecule has 2 nitrogen and oxygen atoms in total. The zero-order chi connectivity index (χ0) is 13.9.